The average molecular weight is 510 g/mol. The molecule has 3 amide bonds. The molecule has 0 saturated heterocycles. The SMILES string of the molecule is CN(C(=O)Nc1ccc(F)c(C#N)c1)C1CN(C(=O)OC(C)(C)C)Cc2[nH]c(=O)c3cc(F)ccc3c21. The van der Waals surface area contributed by atoms with Gasteiger partial charge in [0.15, 0.2) is 0 Å². The number of benzene rings is 2. The Morgan fingerprint density at radius 3 is 2.59 bits per heavy atom. The van der Waals surface area contributed by atoms with Gasteiger partial charge in [0, 0.05) is 30.5 Å². The van der Waals surface area contributed by atoms with Crippen molar-refractivity contribution in [1.29, 1.82) is 5.26 Å². The zero-order valence-corrected chi connectivity index (χ0v) is 20.7. The van der Waals surface area contributed by atoms with E-state index in [1.807, 2.05) is 0 Å². The molecule has 37 heavy (non-hydrogen) atoms. The van der Waals surface area contributed by atoms with Gasteiger partial charge in [0.2, 0.25) is 0 Å². The summed E-state index contributed by atoms with van der Waals surface area (Å²) < 4.78 is 33.2. The number of aromatic amines is 1. The molecule has 192 valence electrons. The molecule has 0 bridgehead atoms. The van der Waals surface area contributed by atoms with Crippen molar-refractivity contribution in [2.45, 2.75) is 39.0 Å². The molecule has 1 aliphatic rings. The number of anilines is 1. The second kappa shape index (κ2) is 9.54. The summed E-state index contributed by atoms with van der Waals surface area (Å²) in [5.41, 5.74) is -0.386. The van der Waals surface area contributed by atoms with Crippen molar-refractivity contribution in [1.82, 2.24) is 14.8 Å². The Balaban J connectivity index is 1.76. The van der Waals surface area contributed by atoms with Crippen LogP contribution in [0.2, 0.25) is 0 Å². The number of hydrogen-bond donors (Lipinski definition) is 2. The van der Waals surface area contributed by atoms with E-state index in [1.54, 1.807) is 26.8 Å². The second-order valence-electron chi connectivity index (χ2n) is 9.76. The number of likely N-dealkylation sites (N-methyl/N-ethyl adjacent to an activating group) is 1. The fraction of sp³-hybridized carbons (Fsp3) is 0.308. The summed E-state index contributed by atoms with van der Waals surface area (Å²) in [6, 6.07) is 7.75. The predicted molar refractivity (Wildman–Crippen MR) is 132 cm³/mol. The highest BCUT2D eigenvalue weighted by molar-refractivity contribution is 5.91. The van der Waals surface area contributed by atoms with Crippen LogP contribution >= 0.6 is 0 Å². The Kier molecular flexibility index (Phi) is 6.61. The minimum Gasteiger partial charge on any atom is -0.444 e. The Morgan fingerprint density at radius 1 is 1.19 bits per heavy atom. The number of pyridine rings is 1. The predicted octanol–water partition coefficient (Wildman–Crippen LogP) is 4.63. The summed E-state index contributed by atoms with van der Waals surface area (Å²) in [5, 5.41) is 12.3. The molecule has 2 heterocycles. The number of carbonyl (C=O) groups excluding carboxylic acids is 2. The first-order valence-corrected chi connectivity index (χ1v) is 11.4. The van der Waals surface area contributed by atoms with E-state index in [9.17, 15) is 23.2 Å². The third kappa shape index (κ3) is 5.23. The summed E-state index contributed by atoms with van der Waals surface area (Å²) in [5.74, 6) is -1.30. The highest BCUT2D eigenvalue weighted by Crippen LogP contribution is 2.35. The largest absolute Gasteiger partial charge is 0.444 e. The number of H-pyrrole nitrogens is 1. The molecule has 11 heteroatoms. The number of nitrogens with zero attached hydrogens (tertiary/aromatic N) is 3. The minimum atomic E-state index is -0.772. The van der Waals surface area contributed by atoms with Gasteiger partial charge in [-0.15, -0.1) is 0 Å². The minimum absolute atomic E-state index is 0.0161. The summed E-state index contributed by atoms with van der Waals surface area (Å²) in [7, 11) is 1.50. The molecule has 0 radical (unpaired) electrons. The highest BCUT2D eigenvalue weighted by Gasteiger charge is 2.36. The molecule has 3 aromatic rings. The molecular formula is C26H25F2N5O4. The Morgan fingerprint density at radius 2 is 1.92 bits per heavy atom. The molecule has 1 atom stereocenters. The maximum absolute atomic E-state index is 13.9. The van der Waals surface area contributed by atoms with E-state index in [2.05, 4.69) is 10.3 Å². The summed E-state index contributed by atoms with van der Waals surface area (Å²) in [6.07, 6.45) is -0.630. The maximum atomic E-state index is 13.9. The van der Waals surface area contributed by atoms with E-state index in [4.69, 9.17) is 10.00 Å². The van der Waals surface area contributed by atoms with Gasteiger partial charge in [0.25, 0.3) is 5.56 Å². The normalized spacial score (nSPS) is 15.1. The molecule has 0 spiro atoms. The first-order chi connectivity index (χ1) is 17.4. The summed E-state index contributed by atoms with van der Waals surface area (Å²) in [4.78, 5) is 44.3. The van der Waals surface area contributed by atoms with Crippen LogP contribution in [0, 0.1) is 23.0 Å². The summed E-state index contributed by atoms with van der Waals surface area (Å²) in [6.45, 7) is 5.21. The van der Waals surface area contributed by atoms with Crippen LogP contribution in [0.15, 0.2) is 41.2 Å². The Hall–Kier alpha value is -4.46. The van der Waals surface area contributed by atoms with Gasteiger partial charge in [-0.25, -0.2) is 18.4 Å². The van der Waals surface area contributed by atoms with E-state index in [0.717, 1.165) is 12.1 Å². The van der Waals surface area contributed by atoms with Crippen molar-refractivity contribution in [2.24, 2.45) is 0 Å². The molecule has 1 unspecified atom stereocenters. The second-order valence-corrected chi connectivity index (χ2v) is 9.76. The molecule has 4 rings (SSSR count). The maximum Gasteiger partial charge on any atom is 0.410 e. The van der Waals surface area contributed by atoms with E-state index in [-0.39, 0.29) is 29.7 Å². The van der Waals surface area contributed by atoms with Crippen molar-refractivity contribution in [3.8, 4) is 6.07 Å². The zero-order valence-electron chi connectivity index (χ0n) is 20.7. The lowest BCUT2D eigenvalue weighted by atomic mass is 9.93. The molecule has 1 aliphatic heterocycles. The Labute approximate surface area is 211 Å². The van der Waals surface area contributed by atoms with Gasteiger partial charge in [-0.3, -0.25) is 9.69 Å². The zero-order chi connectivity index (χ0) is 27.1. The molecule has 2 aromatic carbocycles. The van der Waals surface area contributed by atoms with Crippen molar-refractivity contribution < 1.29 is 23.1 Å². The third-order valence-electron chi connectivity index (χ3n) is 5.96. The lowest BCUT2D eigenvalue weighted by Crippen LogP contribution is -2.48. The number of fused-ring (bicyclic) bond motifs is 3. The molecule has 2 N–H and O–H groups in total. The van der Waals surface area contributed by atoms with Crippen LogP contribution in [0.3, 0.4) is 0 Å². The molecule has 0 saturated carbocycles. The fourth-order valence-electron chi connectivity index (χ4n) is 4.26. The van der Waals surface area contributed by atoms with Gasteiger partial charge in [-0.1, -0.05) is 6.07 Å². The van der Waals surface area contributed by atoms with Crippen LogP contribution in [0.25, 0.3) is 10.8 Å². The molecule has 0 aliphatic carbocycles. The van der Waals surface area contributed by atoms with Crippen molar-refractivity contribution in [3.05, 3.63) is 75.2 Å². The van der Waals surface area contributed by atoms with Gasteiger partial charge in [0.1, 0.15) is 23.3 Å². The number of carbonyl (C=O) groups is 2. The highest BCUT2D eigenvalue weighted by atomic mass is 19.1. The number of urea groups is 1. The van der Waals surface area contributed by atoms with Crippen molar-refractivity contribution in [2.75, 3.05) is 18.9 Å². The van der Waals surface area contributed by atoms with Crippen LogP contribution in [0.1, 0.15) is 43.6 Å². The standard InChI is InChI=1S/C26H25F2N5O4/c1-26(2,3)37-25(36)33-12-20-22(17-7-5-15(27)10-18(17)23(34)31-20)21(13-33)32(4)24(35)30-16-6-8-19(28)14(9-16)11-29/h5-10,21H,12-13H2,1-4H3,(H,30,35)(H,31,34). The van der Waals surface area contributed by atoms with Gasteiger partial charge >= 0.3 is 12.1 Å². The lowest BCUT2D eigenvalue weighted by Gasteiger charge is -2.39. The van der Waals surface area contributed by atoms with E-state index < -0.39 is 41.0 Å². The van der Waals surface area contributed by atoms with Gasteiger partial charge in [-0.2, -0.15) is 5.26 Å². The number of aromatic nitrogens is 1. The average Bonchev–Trinajstić information content (AvgIpc) is 2.83. The molecular weight excluding hydrogens is 484 g/mol. The smallest absolute Gasteiger partial charge is 0.410 e. The number of halogens is 2. The quantitative estimate of drug-likeness (QED) is 0.522. The van der Waals surface area contributed by atoms with E-state index >= 15 is 0 Å². The molecule has 1 aromatic heterocycles. The third-order valence-corrected chi connectivity index (χ3v) is 5.96. The van der Waals surface area contributed by atoms with E-state index in [1.165, 1.54) is 41.1 Å². The number of amides is 3. The first-order valence-electron chi connectivity index (χ1n) is 11.4. The number of nitriles is 1. The summed E-state index contributed by atoms with van der Waals surface area (Å²) >= 11 is 0. The van der Waals surface area contributed by atoms with E-state index in [0.29, 0.717) is 16.6 Å². The molecule has 0 fully saturated rings. The first kappa shape index (κ1) is 25.6. The lowest BCUT2D eigenvalue weighted by molar-refractivity contribution is 0.0163. The van der Waals surface area contributed by atoms with Crippen LogP contribution in [0.4, 0.5) is 24.1 Å². The topological polar surface area (TPSA) is 119 Å². The van der Waals surface area contributed by atoms with Crippen LogP contribution in [0.5, 0.6) is 0 Å². The monoisotopic (exact) mass is 509 g/mol. The number of rotatable bonds is 2. The van der Waals surface area contributed by atoms with Gasteiger partial charge in [0.05, 0.1) is 23.5 Å². The van der Waals surface area contributed by atoms with Crippen LogP contribution in [-0.4, -0.2) is 46.1 Å². The number of hydrogen-bond acceptors (Lipinski definition) is 5. The molecule has 9 nitrogen and oxygen atoms in total. The Bertz CT molecular complexity index is 1510. The number of ether oxygens (including phenoxy) is 1. The van der Waals surface area contributed by atoms with Gasteiger partial charge < -0.3 is 19.9 Å². The van der Waals surface area contributed by atoms with Gasteiger partial charge in [-0.05, 0) is 56.5 Å². The van der Waals surface area contributed by atoms with Crippen molar-refractivity contribution >= 4 is 28.6 Å². The van der Waals surface area contributed by atoms with Crippen molar-refractivity contribution in [3.63, 3.8) is 0 Å². The number of nitrogens with one attached hydrogen (secondary N) is 2. The van der Waals surface area contributed by atoms with Crippen LogP contribution < -0.4 is 10.9 Å². The van der Waals surface area contributed by atoms with Crippen LogP contribution in [-0.2, 0) is 11.3 Å². The fourth-order valence-corrected chi connectivity index (χ4v) is 4.26.